The zero-order valence-electron chi connectivity index (χ0n) is 12.2. The quantitative estimate of drug-likeness (QED) is 0.869. The van der Waals surface area contributed by atoms with E-state index >= 15 is 0 Å². The van der Waals surface area contributed by atoms with Crippen molar-refractivity contribution in [2.75, 3.05) is 37.7 Å². The minimum absolute atomic E-state index is 0.427. The summed E-state index contributed by atoms with van der Waals surface area (Å²) in [5.74, 6) is 0.901. The minimum atomic E-state index is 0.427. The Labute approximate surface area is 133 Å². The van der Waals surface area contributed by atoms with Gasteiger partial charge in [-0.3, -0.25) is 4.99 Å². The molecule has 0 amide bonds. The van der Waals surface area contributed by atoms with E-state index in [0.717, 1.165) is 49.8 Å². The summed E-state index contributed by atoms with van der Waals surface area (Å²) < 4.78 is 6.56. The van der Waals surface area contributed by atoms with Crippen molar-refractivity contribution in [1.82, 2.24) is 10.6 Å². The molecule has 1 unspecified atom stereocenters. The van der Waals surface area contributed by atoms with Gasteiger partial charge in [0, 0.05) is 35.8 Å². The lowest BCUT2D eigenvalue weighted by Gasteiger charge is -2.31. The van der Waals surface area contributed by atoms with Gasteiger partial charge in [0.1, 0.15) is 0 Å². The molecule has 0 radical (unpaired) electrons. The largest absolute Gasteiger partial charge is 0.378 e. The summed E-state index contributed by atoms with van der Waals surface area (Å²) in [4.78, 5) is 6.83. The number of anilines is 1. The number of ether oxygens (including phenoxy) is 1. The van der Waals surface area contributed by atoms with Gasteiger partial charge in [-0.1, -0.05) is 22.0 Å². The third-order valence-electron chi connectivity index (χ3n) is 3.75. The molecule has 1 aromatic rings. The molecule has 6 heteroatoms. The molecular weight excluding hydrogens is 332 g/mol. The number of nitrogens with one attached hydrogen (secondary N) is 2. The Morgan fingerprint density at radius 1 is 1.43 bits per heavy atom. The molecule has 2 aliphatic heterocycles. The van der Waals surface area contributed by atoms with Crippen molar-refractivity contribution >= 4 is 27.6 Å². The monoisotopic (exact) mass is 352 g/mol. The van der Waals surface area contributed by atoms with Gasteiger partial charge in [-0.05, 0) is 24.6 Å². The lowest BCUT2D eigenvalue weighted by atomic mass is 10.1. The van der Waals surface area contributed by atoms with Crippen molar-refractivity contribution in [3.05, 3.63) is 28.2 Å². The molecule has 0 bridgehead atoms. The number of guanidine groups is 1. The second-order valence-electron chi connectivity index (χ2n) is 5.46. The zero-order valence-corrected chi connectivity index (χ0v) is 13.8. The number of hydrogen-bond donors (Lipinski definition) is 2. The van der Waals surface area contributed by atoms with Crippen LogP contribution in [-0.4, -0.2) is 44.8 Å². The number of aliphatic imine (C=N–C) groups is 1. The first-order valence-electron chi connectivity index (χ1n) is 7.38. The molecule has 0 aliphatic carbocycles. The van der Waals surface area contributed by atoms with Gasteiger partial charge in [-0.2, -0.15) is 0 Å². The molecular formula is C15H21BrN4O. The molecule has 114 valence electrons. The van der Waals surface area contributed by atoms with Crippen LogP contribution in [0.5, 0.6) is 0 Å². The van der Waals surface area contributed by atoms with E-state index in [1.165, 1.54) is 11.3 Å². The normalized spacial score (nSPS) is 21.9. The third kappa shape index (κ3) is 3.68. The van der Waals surface area contributed by atoms with E-state index in [-0.39, 0.29) is 0 Å². The van der Waals surface area contributed by atoms with E-state index in [1.54, 1.807) is 0 Å². The number of nitrogens with zero attached hydrogens (tertiary/aromatic N) is 2. The molecule has 2 N–H and O–H groups in total. The molecule has 2 heterocycles. The van der Waals surface area contributed by atoms with Crippen molar-refractivity contribution in [3.8, 4) is 0 Å². The second-order valence-corrected chi connectivity index (χ2v) is 6.38. The average Bonchev–Trinajstić information content (AvgIpc) is 2.92. The number of halogens is 1. The predicted molar refractivity (Wildman–Crippen MR) is 88.9 cm³/mol. The Hall–Kier alpha value is -1.27. The summed E-state index contributed by atoms with van der Waals surface area (Å²) in [7, 11) is 0. The summed E-state index contributed by atoms with van der Waals surface area (Å²) in [6.07, 6.45) is 0. The second kappa shape index (κ2) is 6.66. The fourth-order valence-electron chi connectivity index (χ4n) is 2.62. The van der Waals surface area contributed by atoms with Gasteiger partial charge >= 0.3 is 0 Å². The summed E-state index contributed by atoms with van der Waals surface area (Å²) in [5, 5.41) is 6.72. The highest BCUT2D eigenvalue weighted by atomic mass is 79.9. The smallest absolute Gasteiger partial charge is 0.191 e. The molecule has 21 heavy (non-hydrogen) atoms. The van der Waals surface area contributed by atoms with E-state index < -0.39 is 0 Å². The summed E-state index contributed by atoms with van der Waals surface area (Å²) in [6, 6.07) is 6.87. The number of benzene rings is 1. The van der Waals surface area contributed by atoms with Crippen LogP contribution in [-0.2, 0) is 11.3 Å². The summed E-state index contributed by atoms with van der Waals surface area (Å²) >= 11 is 3.57. The van der Waals surface area contributed by atoms with Crippen molar-refractivity contribution in [2.45, 2.75) is 19.5 Å². The summed E-state index contributed by atoms with van der Waals surface area (Å²) in [6.45, 7) is 7.24. The van der Waals surface area contributed by atoms with Crippen LogP contribution >= 0.6 is 15.9 Å². The first-order valence-corrected chi connectivity index (χ1v) is 8.17. The maximum atomic E-state index is 5.45. The van der Waals surface area contributed by atoms with Crippen LogP contribution in [0.3, 0.4) is 0 Å². The number of morpholine rings is 1. The minimum Gasteiger partial charge on any atom is -0.378 e. The van der Waals surface area contributed by atoms with Gasteiger partial charge in [0.2, 0.25) is 0 Å². The van der Waals surface area contributed by atoms with Gasteiger partial charge in [0.05, 0.1) is 19.8 Å². The highest BCUT2D eigenvalue weighted by molar-refractivity contribution is 9.10. The molecule has 0 saturated carbocycles. The van der Waals surface area contributed by atoms with E-state index in [4.69, 9.17) is 4.74 Å². The molecule has 3 rings (SSSR count). The molecule has 2 aliphatic rings. The number of rotatable bonds is 3. The van der Waals surface area contributed by atoms with Crippen LogP contribution in [0.2, 0.25) is 0 Å². The van der Waals surface area contributed by atoms with Gasteiger partial charge in [-0.25, -0.2) is 0 Å². The average molecular weight is 353 g/mol. The van der Waals surface area contributed by atoms with Crippen LogP contribution in [0.1, 0.15) is 12.5 Å². The molecule has 1 aromatic carbocycles. The van der Waals surface area contributed by atoms with Crippen LogP contribution in [0.4, 0.5) is 5.69 Å². The summed E-state index contributed by atoms with van der Waals surface area (Å²) in [5.41, 5.74) is 2.55. The zero-order chi connectivity index (χ0) is 14.7. The molecule has 1 fully saturated rings. The molecule has 1 atom stereocenters. The fourth-order valence-corrected chi connectivity index (χ4v) is 2.97. The Kier molecular flexibility index (Phi) is 4.65. The van der Waals surface area contributed by atoms with E-state index in [0.29, 0.717) is 6.04 Å². The van der Waals surface area contributed by atoms with Crippen molar-refractivity contribution in [3.63, 3.8) is 0 Å². The van der Waals surface area contributed by atoms with Gasteiger partial charge in [-0.15, -0.1) is 0 Å². The van der Waals surface area contributed by atoms with Crippen LogP contribution in [0.25, 0.3) is 0 Å². The van der Waals surface area contributed by atoms with E-state index in [1.807, 2.05) is 0 Å². The Morgan fingerprint density at radius 3 is 2.95 bits per heavy atom. The Morgan fingerprint density at radius 2 is 2.24 bits per heavy atom. The maximum absolute atomic E-state index is 5.45. The van der Waals surface area contributed by atoms with Crippen LogP contribution < -0.4 is 15.5 Å². The molecule has 5 nitrogen and oxygen atoms in total. The lowest BCUT2D eigenvalue weighted by molar-refractivity contribution is 0.122. The predicted octanol–water partition coefficient (Wildman–Crippen LogP) is 1.72. The molecule has 0 spiro atoms. The van der Waals surface area contributed by atoms with Gasteiger partial charge < -0.3 is 20.3 Å². The van der Waals surface area contributed by atoms with Gasteiger partial charge in [0.25, 0.3) is 0 Å². The number of hydrogen-bond acceptors (Lipinski definition) is 5. The molecule has 0 aromatic heterocycles. The fraction of sp³-hybridized carbons (Fsp3) is 0.533. The Bertz CT molecular complexity index is 528. The third-order valence-corrected chi connectivity index (χ3v) is 4.25. The van der Waals surface area contributed by atoms with Crippen molar-refractivity contribution in [1.29, 1.82) is 0 Å². The maximum Gasteiger partial charge on any atom is 0.191 e. The highest BCUT2D eigenvalue weighted by Crippen LogP contribution is 2.26. The highest BCUT2D eigenvalue weighted by Gasteiger charge is 2.16. The first kappa shape index (κ1) is 14.7. The lowest BCUT2D eigenvalue weighted by Crippen LogP contribution is -2.39. The SMILES string of the molecule is CC1CN=C(NCc2ccc(Br)cc2N2CCOCC2)N1. The van der Waals surface area contributed by atoms with E-state index in [2.05, 4.69) is 61.6 Å². The van der Waals surface area contributed by atoms with Crippen molar-refractivity contribution < 1.29 is 4.74 Å². The van der Waals surface area contributed by atoms with E-state index in [9.17, 15) is 0 Å². The topological polar surface area (TPSA) is 48.9 Å². The van der Waals surface area contributed by atoms with Crippen molar-refractivity contribution in [2.24, 2.45) is 4.99 Å². The first-order chi connectivity index (χ1) is 10.2. The standard InChI is InChI=1S/C15H21BrN4O/c1-11-9-17-15(19-11)18-10-12-2-3-13(16)8-14(12)20-4-6-21-7-5-20/h2-3,8,11H,4-7,9-10H2,1H3,(H2,17,18,19). The van der Waals surface area contributed by atoms with Crippen LogP contribution in [0.15, 0.2) is 27.7 Å². The van der Waals surface area contributed by atoms with Crippen LogP contribution in [0, 0.1) is 0 Å². The Balaban J connectivity index is 1.71. The molecule has 1 saturated heterocycles. The van der Waals surface area contributed by atoms with Gasteiger partial charge in [0.15, 0.2) is 5.96 Å².